The molecule has 1 unspecified atom stereocenters. The molecule has 0 aromatic rings. The Balaban J connectivity index is 2.06. The SMILES string of the molecule is CCCCCCCCCCCCCCCCCCCC1N(CCCCCC)C=CN1CCCCCCCCCCCCCCCCC. The summed E-state index contributed by atoms with van der Waals surface area (Å²) in [5.41, 5.74) is 0. The number of unbranched alkanes of at least 4 members (excludes halogenated alkanes) is 33. The first-order chi connectivity index (χ1) is 23.3. The molecule has 2 nitrogen and oxygen atoms in total. The van der Waals surface area contributed by atoms with Crippen molar-refractivity contribution in [3.63, 3.8) is 0 Å². The van der Waals surface area contributed by atoms with Gasteiger partial charge in [-0.2, -0.15) is 0 Å². The Hall–Kier alpha value is -0.660. The van der Waals surface area contributed by atoms with E-state index >= 15 is 0 Å². The second kappa shape index (κ2) is 36.6. The molecule has 0 amide bonds. The van der Waals surface area contributed by atoms with Crippen LogP contribution in [0.1, 0.15) is 258 Å². The van der Waals surface area contributed by atoms with Crippen molar-refractivity contribution in [2.45, 2.75) is 265 Å². The zero-order valence-corrected chi connectivity index (χ0v) is 33.2. The molecule has 1 atom stereocenters. The minimum Gasteiger partial charge on any atom is -0.356 e. The van der Waals surface area contributed by atoms with E-state index in [-0.39, 0.29) is 0 Å². The molecule has 1 rings (SSSR count). The van der Waals surface area contributed by atoms with Crippen LogP contribution in [0.25, 0.3) is 0 Å². The van der Waals surface area contributed by atoms with Crippen LogP contribution in [0.3, 0.4) is 0 Å². The lowest BCUT2D eigenvalue weighted by atomic mass is 10.0. The van der Waals surface area contributed by atoms with Gasteiger partial charge >= 0.3 is 0 Å². The average Bonchev–Trinajstić information content (AvgIpc) is 3.47. The lowest BCUT2D eigenvalue weighted by molar-refractivity contribution is 0.135. The first kappa shape index (κ1) is 44.4. The van der Waals surface area contributed by atoms with Gasteiger partial charge in [0.05, 0.1) is 0 Å². The average molecular weight is 659 g/mol. The molecule has 1 aliphatic heterocycles. The third kappa shape index (κ3) is 28.8. The molecule has 0 saturated heterocycles. The molecule has 0 saturated carbocycles. The van der Waals surface area contributed by atoms with E-state index < -0.39 is 0 Å². The van der Waals surface area contributed by atoms with Gasteiger partial charge in [-0.15, -0.1) is 0 Å². The second-order valence-corrected chi connectivity index (χ2v) is 15.7. The summed E-state index contributed by atoms with van der Waals surface area (Å²) in [7, 11) is 0. The van der Waals surface area contributed by atoms with E-state index in [1.165, 1.54) is 251 Å². The Kier molecular flexibility index (Phi) is 34.6. The highest BCUT2D eigenvalue weighted by Crippen LogP contribution is 2.24. The van der Waals surface area contributed by atoms with Crippen LogP contribution in [0.15, 0.2) is 12.4 Å². The van der Waals surface area contributed by atoms with Crippen LogP contribution >= 0.6 is 0 Å². The molecule has 0 fully saturated rings. The molecular weight excluding hydrogens is 569 g/mol. The van der Waals surface area contributed by atoms with Gasteiger partial charge in [0.15, 0.2) is 0 Å². The molecule has 0 radical (unpaired) electrons. The van der Waals surface area contributed by atoms with E-state index in [0.29, 0.717) is 6.17 Å². The van der Waals surface area contributed by atoms with Crippen LogP contribution in [0, 0.1) is 0 Å². The number of rotatable bonds is 39. The van der Waals surface area contributed by atoms with Crippen molar-refractivity contribution < 1.29 is 0 Å². The summed E-state index contributed by atoms with van der Waals surface area (Å²) < 4.78 is 0. The molecule has 2 heteroatoms. The zero-order chi connectivity index (χ0) is 33.7. The van der Waals surface area contributed by atoms with Crippen LogP contribution in [0.5, 0.6) is 0 Å². The highest BCUT2D eigenvalue weighted by molar-refractivity contribution is 4.97. The molecular formula is C45H90N2. The number of nitrogens with zero attached hydrogens (tertiary/aromatic N) is 2. The highest BCUT2D eigenvalue weighted by atomic mass is 15.4. The van der Waals surface area contributed by atoms with E-state index in [4.69, 9.17) is 0 Å². The maximum Gasteiger partial charge on any atom is 0.101 e. The van der Waals surface area contributed by atoms with Gasteiger partial charge in [0.1, 0.15) is 6.17 Å². The highest BCUT2D eigenvalue weighted by Gasteiger charge is 2.24. The standard InChI is InChI=1S/C45H90N2/c1-4-7-10-13-15-17-19-21-23-24-25-27-29-31-33-35-37-40-45-46(41-38-12-9-6-3)43-44-47(45)42-39-36-34-32-30-28-26-22-20-18-16-14-11-8-5-2/h43-45H,4-42H2,1-3H3. The van der Waals surface area contributed by atoms with E-state index in [0.717, 1.165) is 0 Å². The van der Waals surface area contributed by atoms with E-state index in [1.54, 1.807) is 0 Å². The van der Waals surface area contributed by atoms with Crippen molar-refractivity contribution in [1.29, 1.82) is 0 Å². The Labute approximate surface area is 299 Å². The zero-order valence-electron chi connectivity index (χ0n) is 33.2. The fraction of sp³-hybridized carbons (Fsp3) is 0.956. The van der Waals surface area contributed by atoms with Crippen molar-refractivity contribution in [2.24, 2.45) is 0 Å². The van der Waals surface area contributed by atoms with Crippen LogP contribution in [-0.4, -0.2) is 29.1 Å². The molecule has 0 spiro atoms. The minimum atomic E-state index is 0.639. The minimum absolute atomic E-state index is 0.639. The van der Waals surface area contributed by atoms with Crippen LogP contribution < -0.4 is 0 Å². The van der Waals surface area contributed by atoms with E-state index in [9.17, 15) is 0 Å². The fourth-order valence-electron chi connectivity index (χ4n) is 7.78. The van der Waals surface area contributed by atoms with E-state index in [1.807, 2.05) is 0 Å². The van der Waals surface area contributed by atoms with Gasteiger partial charge in [0.2, 0.25) is 0 Å². The maximum atomic E-state index is 2.72. The van der Waals surface area contributed by atoms with Gasteiger partial charge in [0, 0.05) is 25.5 Å². The molecule has 0 bridgehead atoms. The topological polar surface area (TPSA) is 6.48 Å². The third-order valence-electron chi connectivity index (χ3n) is 11.1. The molecule has 280 valence electrons. The lowest BCUT2D eigenvalue weighted by Crippen LogP contribution is -2.39. The smallest absolute Gasteiger partial charge is 0.101 e. The van der Waals surface area contributed by atoms with Gasteiger partial charge in [-0.05, 0) is 25.7 Å². The van der Waals surface area contributed by atoms with Gasteiger partial charge in [-0.3, -0.25) is 0 Å². The normalized spacial score (nSPS) is 14.7. The molecule has 0 aliphatic carbocycles. The van der Waals surface area contributed by atoms with Crippen molar-refractivity contribution >= 4 is 0 Å². The first-order valence-electron chi connectivity index (χ1n) is 22.5. The van der Waals surface area contributed by atoms with Crippen LogP contribution in [0.4, 0.5) is 0 Å². The fourth-order valence-corrected chi connectivity index (χ4v) is 7.78. The summed E-state index contributed by atoms with van der Waals surface area (Å²) in [4.78, 5) is 5.42. The first-order valence-corrected chi connectivity index (χ1v) is 22.5. The molecule has 1 heterocycles. The molecule has 1 aliphatic rings. The van der Waals surface area contributed by atoms with Gasteiger partial charge in [-0.1, -0.05) is 233 Å². The Bertz CT molecular complexity index is 615. The van der Waals surface area contributed by atoms with Crippen molar-refractivity contribution in [1.82, 2.24) is 9.80 Å². The summed E-state index contributed by atoms with van der Waals surface area (Å²) in [6.07, 6.45) is 58.9. The third-order valence-corrected chi connectivity index (χ3v) is 11.1. The Morgan fingerprint density at radius 3 is 0.766 bits per heavy atom. The largest absolute Gasteiger partial charge is 0.356 e. The van der Waals surface area contributed by atoms with Gasteiger partial charge < -0.3 is 9.80 Å². The monoisotopic (exact) mass is 659 g/mol. The predicted molar refractivity (Wildman–Crippen MR) is 214 cm³/mol. The summed E-state index contributed by atoms with van der Waals surface area (Å²) in [6, 6.07) is 0. The quantitative estimate of drug-likeness (QED) is 0.0606. The van der Waals surface area contributed by atoms with Gasteiger partial charge in [-0.25, -0.2) is 0 Å². The van der Waals surface area contributed by atoms with Gasteiger partial charge in [0.25, 0.3) is 0 Å². The van der Waals surface area contributed by atoms with E-state index in [2.05, 4.69) is 43.0 Å². The second-order valence-electron chi connectivity index (χ2n) is 15.7. The summed E-state index contributed by atoms with van der Waals surface area (Å²) in [5, 5.41) is 0. The molecule has 47 heavy (non-hydrogen) atoms. The van der Waals surface area contributed by atoms with Crippen molar-refractivity contribution in [3.8, 4) is 0 Å². The van der Waals surface area contributed by atoms with Crippen LogP contribution in [0.2, 0.25) is 0 Å². The van der Waals surface area contributed by atoms with Crippen LogP contribution in [-0.2, 0) is 0 Å². The molecule has 0 N–H and O–H groups in total. The Morgan fingerprint density at radius 2 is 0.489 bits per heavy atom. The van der Waals surface area contributed by atoms with Crippen molar-refractivity contribution in [3.05, 3.63) is 12.4 Å². The lowest BCUT2D eigenvalue weighted by Gasteiger charge is -2.33. The summed E-state index contributed by atoms with van der Waals surface area (Å²) in [5.74, 6) is 0. The maximum absolute atomic E-state index is 2.72. The Morgan fingerprint density at radius 1 is 0.277 bits per heavy atom. The molecule has 0 aromatic carbocycles. The number of hydrogen-bond acceptors (Lipinski definition) is 2. The van der Waals surface area contributed by atoms with Crippen molar-refractivity contribution in [2.75, 3.05) is 13.1 Å². The summed E-state index contributed by atoms with van der Waals surface area (Å²) >= 11 is 0. The summed E-state index contributed by atoms with van der Waals surface area (Å²) in [6.45, 7) is 9.48. The number of hydrogen-bond donors (Lipinski definition) is 0. The molecule has 0 aromatic heterocycles. The predicted octanol–water partition coefficient (Wildman–Crippen LogP) is 15.9.